The average molecular weight is 724 g/mol. The molecule has 1 aliphatic carbocycles. The molecule has 7 rings (SSSR count). The Morgan fingerprint density at radius 3 is 2.43 bits per heavy atom. The van der Waals surface area contributed by atoms with Crippen LogP contribution in [0, 0.1) is 19.3 Å². The minimum absolute atomic E-state index is 0.0378. The Morgan fingerprint density at radius 1 is 0.980 bits per heavy atom. The molecule has 0 N–H and O–H groups in total. The number of piperidine rings is 1. The lowest BCUT2D eigenvalue weighted by Crippen LogP contribution is -2.45. The van der Waals surface area contributed by atoms with Gasteiger partial charge < -0.3 is 4.90 Å². The maximum Gasteiger partial charge on any atom is 0.245 e. The van der Waals surface area contributed by atoms with Crippen LogP contribution in [0.3, 0.4) is 0 Å². The van der Waals surface area contributed by atoms with E-state index in [9.17, 15) is 14.4 Å². The molecule has 1 aliphatic heterocycles. The van der Waals surface area contributed by atoms with E-state index in [2.05, 4.69) is 56.8 Å². The third kappa shape index (κ3) is 6.22. The van der Waals surface area contributed by atoms with E-state index in [1.54, 1.807) is 22.0 Å². The van der Waals surface area contributed by atoms with Crippen molar-refractivity contribution in [1.82, 2.24) is 39.4 Å². The Balaban J connectivity index is 1.20. The number of likely N-dealkylation sites (tertiary alicyclic amines) is 1. The van der Waals surface area contributed by atoms with Crippen LogP contribution in [0.5, 0.6) is 0 Å². The van der Waals surface area contributed by atoms with Crippen LogP contribution < -0.4 is 0 Å². The number of ketones is 2. The van der Waals surface area contributed by atoms with Gasteiger partial charge in [-0.05, 0) is 78.0 Å². The SMILES string of the molecule is CC(=O)c1nn(CC(=O)N2[C@H](C(=O)Cc3nc(Br)ccc3C)C[C@@]3(Cn4ccc(C(C)(C)C)n4)C[C@@H]23)c2ccc(-c3cnc(C)nc3)cc12. The minimum atomic E-state index is -0.605. The van der Waals surface area contributed by atoms with Crippen molar-refractivity contribution in [2.24, 2.45) is 5.41 Å². The van der Waals surface area contributed by atoms with Crippen molar-refractivity contribution in [3.63, 3.8) is 0 Å². The second-order valence-corrected chi connectivity index (χ2v) is 15.4. The Bertz CT molecular complexity index is 2130. The molecule has 12 heteroatoms. The van der Waals surface area contributed by atoms with E-state index in [1.165, 1.54) is 6.92 Å². The minimum Gasteiger partial charge on any atom is -0.327 e. The molecule has 1 saturated carbocycles. The monoisotopic (exact) mass is 722 g/mol. The first-order chi connectivity index (χ1) is 23.2. The number of nitrogens with zero attached hydrogens (tertiary/aromatic N) is 8. The van der Waals surface area contributed by atoms with Gasteiger partial charge in [0, 0.05) is 59.9 Å². The number of amides is 1. The molecule has 4 aromatic heterocycles. The van der Waals surface area contributed by atoms with Crippen LogP contribution in [0.1, 0.15) is 73.8 Å². The molecule has 0 spiro atoms. The summed E-state index contributed by atoms with van der Waals surface area (Å²) in [6, 6.07) is 10.8. The number of carbonyl (C=O) groups is 3. The maximum absolute atomic E-state index is 14.4. The standard InChI is InChI=1S/C37H39BrN8O3/c1-21-7-10-33(38)41-27(21)14-30(48)29-15-37(20-44-12-11-31(42-44)36(4,5)6)16-32(37)46(29)34(49)19-45-28-9-8-24(25-17-39-23(3)40-18-25)13-26(28)35(43-45)22(2)47/h7-13,17-18,29,32H,14-16,19-20H2,1-6H3/t29-,32+,37-/m0/s1. The van der Waals surface area contributed by atoms with Crippen LogP contribution in [0.15, 0.2) is 59.6 Å². The first-order valence-corrected chi connectivity index (χ1v) is 17.3. The number of hydrogen-bond acceptors (Lipinski definition) is 8. The molecule has 5 heterocycles. The number of halogens is 1. The summed E-state index contributed by atoms with van der Waals surface area (Å²) in [4.78, 5) is 56.2. The number of carbonyl (C=O) groups excluding carboxylic acids is 3. The van der Waals surface area contributed by atoms with Crippen LogP contribution in [0.4, 0.5) is 0 Å². The Hall–Kier alpha value is -4.58. The fourth-order valence-electron chi connectivity index (χ4n) is 7.16. The highest BCUT2D eigenvalue weighted by Crippen LogP contribution is 2.60. The van der Waals surface area contributed by atoms with Crippen molar-refractivity contribution in [3.8, 4) is 11.1 Å². The maximum atomic E-state index is 14.4. The lowest BCUT2D eigenvalue weighted by Gasteiger charge is -2.27. The van der Waals surface area contributed by atoms with Crippen molar-refractivity contribution in [1.29, 1.82) is 0 Å². The van der Waals surface area contributed by atoms with Gasteiger partial charge in [0.2, 0.25) is 5.91 Å². The number of fused-ring (bicyclic) bond motifs is 2. The van der Waals surface area contributed by atoms with Gasteiger partial charge in [0.1, 0.15) is 22.7 Å². The summed E-state index contributed by atoms with van der Waals surface area (Å²) < 4.78 is 4.22. The second-order valence-electron chi connectivity index (χ2n) is 14.6. The van der Waals surface area contributed by atoms with E-state index in [0.29, 0.717) is 40.0 Å². The number of aryl methyl sites for hydroxylation is 2. The summed E-state index contributed by atoms with van der Waals surface area (Å²) in [6.45, 7) is 12.2. The van der Waals surface area contributed by atoms with Crippen LogP contribution in [0.25, 0.3) is 22.0 Å². The number of pyridine rings is 1. The zero-order valence-corrected chi connectivity index (χ0v) is 30.2. The Kier molecular flexibility index (Phi) is 8.12. The molecule has 0 radical (unpaired) electrons. The predicted molar refractivity (Wildman–Crippen MR) is 188 cm³/mol. The van der Waals surface area contributed by atoms with E-state index in [4.69, 9.17) is 5.10 Å². The molecule has 1 amide bonds. The number of Topliss-reactive ketones (excluding diaryl/α,β-unsaturated/α-hetero) is 2. The van der Waals surface area contributed by atoms with E-state index in [-0.39, 0.29) is 53.0 Å². The molecule has 1 aromatic carbocycles. The van der Waals surface area contributed by atoms with Crippen molar-refractivity contribution in [2.45, 2.75) is 91.4 Å². The molecule has 252 valence electrons. The highest BCUT2D eigenvalue weighted by molar-refractivity contribution is 9.10. The van der Waals surface area contributed by atoms with E-state index < -0.39 is 6.04 Å². The van der Waals surface area contributed by atoms with Crippen molar-refractivity contribution >= 4 is 44.3 Å². The molecule has 49 heavy (non-hydrogen) atoms. The molecule has 2 aliphatic rings. The van der Waals surface area contributed by atoms with Gasteiger partial charge in [-0.1, -0.05) is 32.9 Å². The quantitative estimate of drug-likeness (QED) is 0.137. The molecular weight excluding hydrogens is 684 g/mol. The molecule has 5 aromatic rings. The van der Waals surface area contributed by atoms with Crippen molar-refractivity contribution in [2.75, 3.05) is 0 Å². The van der Waals surface area contributed by atoms with Crippen LogP contribution in [-0.2, 0) is 34.5 Å². The van der Waals surface area contributed by atoms with E-state index in [0.717, 1.165) is 28.8 Å². The topological polar surface area (TPSA) is 129 Å². The summed E-state index contributed by atoms with van der Waals surface area (Å²) in [5, 5.41) is 10.1. The Labute approximate surface area is 293 Å². The normalized spacial score (nSPS) is 20.1. The molecule has 0 bridgehead atoms. The highest BCUT2D eigenvalue weighted by Gasteiger charge is 2.67. The first-order valence-electron chi connectivity index (χ1n) is 16.5. The van der Waals surface area contributed by atoms with Crippen molar-refractivity contribution < 1.29 is 14.4 Å². The molecule has 11 nitrogen and oxygen atoms in total. The molecule has 2 fully saturated rings. The van der Waals surface area contributed by atoms with Gasteiger partial charge in [-0.2, -0.15) is 10.2 Å². The number of hydrogen-bond donors (Lipinski definition) is 0. The fourth-order valence-corrected chi connectivity index (χ4v) is 7.51. The van der Waals surface area contributed by atoms with E-state index in [1.807, 2.05) is 61.1 Å². The lowest BCUT2D eigenvalue weighted by molar-refractivity contribution is -0.139. The summed E-state index contributed by atoms with van der Waals surface area (Å²) in [7, 11) is 0. The predicted octanol–water partition coefficient (Wildman–Crippen LogP) is 5.84. The summed E-state index contributed by atoms with van der Waals surface area (Å²) >= 11 is 3.44. The number of aromatic nitrogens is 7. The third-order valence-corrected chi connectivity index (χ3v) is 10.4. The molecule has 3 atom stereocenters. The smallest absolute Gasteiger partial charge is 0.245 e. The van der Waals surface area contributed by atoms with Crippen LogP contribution in [-0.4, -0.2) is 69.0 Å². The molecular formula is C37H39BrN8O3. The molecule has 1 saturated heterocycles. The van der Waals surface area contributed by atoms with Gasteiger partial charge in [-0.15, -0.1) is 0 Å². The lowest BCUT2D eigenvalue weighted by atomic mass is 9.93. The van der Waals surface area contributed by atoms with Gasteiger partial charge in [0.25, 0.3) is 0 Å². The van der Waals surface area contributed by atoms with Crippen LogP contribution >= 0.6 is 15.9 Å². The third-order valence-electron chi connectivity index (χ3n) is 9.96. The van der Waals surface area contributed by atoms with Crippen molar-refractivity contribution in [3.05, 3.63) is 88.1 Å². The second kappa shape index (κ2) is 12.1. The van der Waals surface area contributed by atoms with Gasteiger partial charge in [0.15, 0.2) is 11.6 Å². The average Bonchev–Trinajstić information content (AvgIpc) is 3.35. The fraction of sp³-hybridized carbons (Fsp3) is 0.405. The highest BCUT2D eigenvalue weighted by atomic mass is 79.9. The zero-order valence-electron chi connectivity index (χ0n) is 28.6. The zero-order chi connectivity index (χ0) is 34.8. The van der Waals surface area contributed by atoms with Gasteiger partial charge >= 0.3 is 0 Å². The summed E-state index contributed by atoms with van der Waals surface area (Å²) in [6.07, 6.45) is 6.97. The summed E-state index contributed by atoms with van der Waals surface area (Å²) in [5.74, 6) is 0.230. The molecule has 0 unspecified atom stereocenters. The number of rotatable bonds is 9. The number of benzene rings is 1. The largest absolute Gasteiger partial charge is 0.327 e. The van der Waals surface area contributed by atoms with Gasteiger partial charge in [-0.3, -0.25) is 23.7 Å². The van der Waals surface area contributed by atoms with Gasteiger partial charge in [0.05, 0.1) is 29.4 Å². The Morgan fingerprint density at radius 2 is 1.73 bits per heavy atom. The van der Waals surface area contributed by atoms with Gasteiger partial charge in [-0.25, -0.2) is 15.0 Å². The van der Waals surface area contributed by atoms with Crippen LogP contribution in [0.2, 0.25) is 0 Å². The first kappa shape index (κ1) is 32.9. The summed E-state index contributed by atoms with van der Waals surface area (Å²) in [5.41, 5.74) is 4.90. The van der Waals surface area contributed by atoms with E-state index >= 15 is 0 Å².